The fraction of sp³-hybridized carbons (Fsp3) is 0.519. The van der Waals surface area contributed by atoms with Crippen molar-refractivity contribution in [3.05, 3.63) is 40.2 Å². The molecule has 1 aromatic carbocycles. The molecule has 3 N–H and O–H groups in total. The van der Waals surface area contributed by atoms with E-state index in [-0.39, 0.29) is 6.61 Å². The van der Waals surface area contributed by atoms with Crippen LogP contribution in [0, 0.1) is 20.8 Å². The van der Waals surface area contributed by atoms with E-state index in [0.717, 1.165) is 60.0 Å². The van der Waals surface area contributed by atoms with Crippen molar-refractivity contribution in [1.29, 1.82) is 0 Å². The Morgan fingerprint density at radius 1 is 1.24 bits per heavy atom. The zero-order chi connectivity index (χ0) is 27.2. The van der Waals surface area contributed by atoms with Crippen molar-refractivity contribution in [3.8, 4) is 28.4 Å². The van der Waals surface area contributed by atoms with Crippen LogP contribution in [-0.2, 0) is 0 Å². The van der Waals surface area contributed by atoms with Gasteiger partial charge in [-0.1, -0.05) is 35.6 Å². The highest BCUT2D eigenvalue weighted by Crippen LogP contribution is 2.36. The quantitative estimate of drug-likeness (QED) is 0.281. The molecule has 1 aliphatic rings. The molecule has 0 saturated carbocycles. The molecule has 4 rings (SSSR count). The molecule has 1 atom stereocenters. The number of rotatable bonds is 11. The van der Waals surface area contributed by atoms with Gasteiger partial charge in [0.15, 0.2) is 5.82 Å². The molecule has 3 heterocycles. The molecule has 1 unspecified atom stereocenters. The Morgan fingerprint density at radius 2 is 2.00 bits per heavy atom. The van der Waals surface area contributed by atoms with Gasteiger partial charge >= 0.3 is 0 Å². The first-order valence-electron chi connectivity index (χ1n) is 13.0. The highest BCUT2D eigenvalue weighted by Gasteiger charge is 2.24. The molecule has 2 aromatic heterocycles. The molecule has 1 fully saturated rings. The molecule has 38 heavy (non-hydrogen) atoms. The van der Waals surface area contributed by atoms with E-state index in [9.17, 15) is 5.11 Å². The summed E-state index contributed by atoms with van der Waals surface area (Å²) < 4.78 is 13.7. The average Bonchev–Trinajstić information content (AvgIpc) is 3.24. The summed E-state index contributed by atoms with van der Waals surface area (Å²) in [6.07, 6.45) is 1.44. The maximum absolute atomic E-state index is 10.0. The molecule has 206 valence electrons. The van der Waals surface area contributed by atoms with Crippen LogP contribution in [0.1, 0.15) is 36.8 Å². The maximum atomic E-state index is 10.0. The number of nitrogens with one attached hydrogen (secondary N) is 2. The van der Waals surface area contributed by atoms with Gasteiger partial charge in [0.2, 0.25) is 0 Å². The number of nitrogens with zero attached hydrogens (tertiary/aromatic N) is 4. The number of halogens is 1. The summed E-state index contributed by atoms with van der Waals surface area (Å²) in [4.78, 5) is 9.92. The van der Waals surface area contributed by atoms with E-state index in [1.54, 1.807) is 19.2 Å². The molecule has 0 bridgehead atoms. The van der Waals surface area contributed by atoms with Crippen molar-refractivity contribution in [2.45, 2.75) is 52.7 Å². The first-order valence-corrected chi connectivity index (χ1v) is 14.3. The van der Waals surface area contributed by atoms with Crippen LogP contribution in [0.2, 0.25) is 5.02 Å². The van der Waals surface area contributed by atoms with Crippen molar-refractivity contribution in [3.63, 3.8) is 0 Å². The van der Waals surface area contributed by atoms with E-state index in [1.807, 2.05) is 38.8 Å². The van der Waals surface area contributed by atoms with Crippen LogP contribution in [0.15, 0.2) is 22.7 Å². The fourth-order valence-electron chi connectivity index (χ4n) is 4.60. The maximum Gasteiger partial charge on any atom is 0.163 e. The lowest BCUT2D eigenvalue weighted by atomic mass is 10.0. The zero-order valence-electron chi connectivity index (χ0n) is 22.7. The van der Waals surface area contributed by atoms with Crippen LogP contribution in [-0.4, -0.2) is 75.7 Å². The summed E-state index contributed by atoms with van der Waals surface area (Å²) in [6, 6.07) is 5.67. The summed E-state index contributed by atoms with van der Waals surface area (Å²) >= 11 is 8.55. The van der Waals surface area contributed by atoms with Crippen LogP contribution < -0.4 is 15.4 Å². The van der Waals surface area contributed by atoms with Gasteiger partial charge in [-0.05, 0) is 58.9 Å². The second-order valence-corrected chi connectivity index (χ2v) is 11.3. The van der Waals surface area contributed by atoms with Gasteiger partial charge in [0, 0.05) is 42.6 Å². The largest absolute Gasteiger partial charge is 0.491 e. The first-order chi connectivity index (χ1) is 18.3. The van der Waals surface area contributed by atoms with Gasteiger partial charge in [-0.25, -0.2) is 9.97 Å². The third kappa shape index (κ3) is 6.79. The Morgan fingerprint density at radius 3 is 2.66 bits per heavy atom. The first kappa shape index (κ1) is 28.6. The predicted octanol–water partition coefficient (Wildman–Crippen LogP) is 4.88. The van der Waals surface area contributed by atoms with Gasteiger partial charge < -0.3 is 25.0 Å². The van der Waals surface area contributed by atoms with Crippen molar-refractivity contribution in [1.82, 2.24) is 24.7 Å². The van der Waals surface area contributed by atoms with Gasteiger partial charge in [0.25, 0.3) is 0 Å². The second kappa shape index (κ2) is 13.1. The van der Waals surface area contributed by atoms with Crippen molar-refractivity contribution < 1.29 is 14.4 Å². The van der Waals surface area contributed by atoms with Crippen molar-refractivity contribution in [2.75, 3.05) is 44.4 Å². The Kier molecular flexibility index (Phi) is 9.89. The van der Waals surface area contributed by atoms with E-state index < -0.39 is 6.10 Å². The lowest BCUT2D eigenvalue weighted by Crippen LogP contribution is -2.36. The number of hydrogen-bond acceptors (Lipinski definition) is 10. The van der Waals surface area contributed by atoms with Crippen LogP contribution in [0.25, 0.3) is 22.6 Å². The number of anilines is 1. The molecular weight excluding hydrogens is 524 g/mol. The third-order valence-corrected chi connectivity index (χ3v) is 7.90. The van der Waals surface area contributed by atoms with Crippen LogP contribution in [0.4, 0.5) is 5.82 Å². The lowest BCUT2D eigenvalue weighted by molar-refractivity contribution is 0.108. The number of piperidine rings is 1. The summed E-state index contributed by atoms with van der Waals surface area (Å²) in [5.41, 5.74) is 3.99. The number of aliphatic hydroxyl groups is 1. The minimum absolute atomic E-state index is 0.156. The molecule has 0 spiro atoms. The smallest absolute Gasteiger partial charge is 0.163 e. The third-order valence-electron chi connectivity index (χ3n) is 6.58. The van der Waals surface area contributed by atoms with E-state index in [0.29, 0.717) is 40.5 Å². The molecule has 1 saturated heterocycles. The van der Waals surface area contributed by atoms with Gasteiger partial charge in [-0.15, -0.1) is 0 Å². The van der Waals surface area contributed by atoms with E-state index in [2.05, 4.69) is 27.0 Å². The minimum atomic E-state index is -0.626. The normalized spacial score (nSPS) is 15.6. The topological polar surface area (TPSA) is 109 Å². The molecule has 1 aliphatic heterocycles. The highest BCUT2D eigenvalue weighted by molar-refractivity contribution is 7.96. The molecule has 0 aliphatic carbocycles. The predicted molar refractivity (Wildman–Crippen MR) is 154 cm³/mol. The van der Waals surface area contributed by atoms with Gasteiger partial charge in [0.1, 0.15) is 30.0 Å². The summed E-state index contributed by atoms with van der Waals surface area (Å²) in [5.74, 6) is 3.63. The number of aryl methyl sites for hydroxylation is 2. The van der Waals surface area contributed by atoms with Gasteiger partial charge in [0.05, 0.1) is 22.0 Å². The highest BCUT2D eigenvalue weighted by atomic mass is 35.5. The Labute approximate surface area is 233 Å². The average molecular weight is 561 g/mol. The molecule has 9 nitrogen and oxygen atoms in total. The standard InChI is InChI=1S/C27H37ClN6O3S/c1-6-38-34-11-9-19(10-12-34)30-26-16(2)25(24-17(3)33-37-18(24)4)31-27(32-26)22-13-21(7-8-23(22)28)36-15-20(35)14-29-5/h7-8,13,19-20,29,35H,6,9-12,14-15H2,1-5H3,(H,30,31,32). The zero-order valence-corrected chi connectivity index (χ0v) is 24.2. The number of benzene rings is 1. The number of ether oxygens (including phenoxy) is 1. The van der Waals surface area contributed by atoms with E-state index >= 15 is 0 Å². The van der Waals surface area contributed by atoms with Crippen molar-refractivity contribution in [2.24, 2.45) is 0 Å². The van der Waals surface area contributed by atoms with Crippen LogP contribution in [0.5, 0.6) is 5.75 Å². The van der Waals surface area contributed by atoms with Gasteiger partial charge in [-0.2, -0.15) is 0 Å². The second-order valence-electron chi connectivity index (χ2n) is 9.50. The monoisotopic (exact) mass is 560 g/mol. The summed E-state index contributed by atoms with van der Waals surface area (Å²) in [5, 5.41) is 21.4. The fourth-order valence-corrected chi connectivity index (χ4v) is 5.64. The van der Waals surface area contributed by atoms with E-state index in [1.165, 1.54) is 0 Å². The van der Waals surface area contributed by atoms with E-state index in [4.69, 9.17) is 30.8 Å². The number of aromatic nitrogens is 3. The van der Waals surface area contributed by atoms with Crippen LogP contribution in [0.3, 0.4) is 0 Å². The lowest BCUT2D eigenvalue weighted by Gasteiger charge is -2.32. The van der Waals surface area contributed by atoms with Crippen LogP contribution >= 0.6 is 23.5 Å². The Hall–Kier alpha value is -2.37. The molecule has 3 aromatic rings. The number of aliphatic hydroxyl groups excluding tert-OH is 1. The Balaban J connectivity index is 1.70. The molecule has 0 amide bonds. The summed E-state index contributed by atoms with van der Waals surface area (Å²) in [7, 11) is 1.79. The SMILES string of the molecule is CCSN1CCC(Nc2nc(-c3cc(OCC(O)CNC)ccc3Cl)nc(-c3c(C)noc3C)c2C)CC1. The molecular formula is C27H37ClN6O3S. The van der Waals surface area contributed by atoms with Gasteiger partial charge in [-0.3, -0.25) is 4.31 Å². The number of likely N-dealkylation sites (N-methyl/N-ethyl adjacent to an activating group) is 1. The molecule has 11 heteroatoms. The summed E-state index contributed by atoms with van der Waals surface area (Å²) in [6.45, 7) is 10.7. The number of hydrogen-bond donors (Lipinski definition) is 3. The Bertz CT molecular complexity index is 1210. The minimum Gasteiger partial charge on any atom is -0.491 e. The van der Waals surface area contributed by atoms with Crippen molar-refractivity contribution >= 4 is 29.4 Å². The molecule has 0 radical (unpaired) electrons.